The van der Waals surface area contributed by atoms with Gasteiger partial charge in [0.25, 0.3) is 0 Å². The van der Waals surface area contributed by atoms with Crippen molar-refractivity contribution in [1.29, 1.82) is 0 Å². The molecule has 0 aromatic heterocycles. The molecule has 0 spiro atoms. The molecule has 3 N–H and O–H groups in total. The van der Waals surface area contributed by atoms with Crippen LogP contribution >= 0.6 is 0 Å². The molecule has 4 heteroatoms. The van der Waals surface area contributed by atoms with Crippen molar-refractivity contribution in [3.63, 3.8) is 0 Å². The third kappa shape index (κ3) is 3.34. The average Bonchev–Trinajstić information content (AvgIpc) is 3.16. The third-order valence-electron chi connectivity index (χ3n) is 5.29. The molecule has 0 aliphatic heterocycles. The summed E-state index contributed by atoms with van der Waals surface area (Å²) >= 11 is 0. The Hall–Kier alpha value is -0.610. The summed E-state index contributed by atoms with van der Waals surface area (Å²) in [5, 5.41) is 3.48. The number of hydrogen-bond acceptors (Lipinski definition) is 3. The van der Waals surface area contributed by atoms with Crippen molar-refractivity contribution in [2.75, 3.05) is 6.61 Å². The smallest absolute Gasteiger partial charge is 0.237 e. The maximum absolute atomic E-state index is 11.8. The van der Waals surface area contributed by atoms with Gasteiger partial charge in [-0.3, -0.25) is 4.79 Å². The molecule has 2 atom stereocenters. The molecule has 4 nitrogen and oxygen atoms in total. The minimum atomic E-state index is -0.488. The molecule has 1 amide bonds. The summed E-state index contributed by atoms with van der Waals surface area (Å²) in [5.41, 5.74) is 5.17. The van der Waals surface area contributed by atoms with Crippen molar-refractivity contribution >= 4 is 5.91 Å². The Morgan fingerprint density at radius 1 is 1.15 bits per heavy atom. The first-order valence-electron chi connectivity index (χ1n) is 8.37. The molecule has 3 rings (SSSR count). The lowest BCUT2D eigenvalue weighted by atomic mass is 9.90. The standard InChI is InChI=1S/C16H28N2O2/c17-15(19)16(18-13-6-7-13)9-8-14(10-16)20-11-12-4-2-1-3-5-12/h12-14,18H,1-11H2,(H2,17,19). The van der Waals surface area contributed by atoms with E-state index in [2.05, 4.69) is 5.32 Å². The van der Waals surface area contributed by atoms with E-state index >= 15 is 0 Å². The van der Waals surface area contributed by atoms with Crippen molar-refractivity contribution in [2.45, 2.75) is 81.9 Å². The topological polar surface area (TPSA) is 64.4 Å². The van der Waals surface area contributed by atoms with E-state index in [9.17, 15) is 4.79 Å². The van der Waals surface area contributed by atoms with Crippen molar-refractivity contribution in [3.8, 4) is 0 Å². The predicted octanol–water partition coefficient (Wildman–Crippen LogP) is 2.11. The number of rotatable bonds is 6. The van der Waals surface area contributed by atoms with Gasteiger partial charge in [-0.05, 0) is 44.4 Å². The molecule has 0 saturated heterocycles. The molecule has 3 aliphatic carbocycles. The maximum atomic E-state index is 11.8. The van der Waals surface area contributed by atoms with Gasteiger partial charge in [-0.15, -0.1) is 0 Å². The van der Waals surface area contributed by atoms with E-state index in [4.69, 9.17) is 10.5 Å². The second kappa shape index (κ2) is 6.02. The molecule has 3 aliphatic rings. The van der Waals surface area contributed by atoms with Crippen LogP contribution in [0.5, 0.6) is 0 Å². The monoisotopic (exact) mass is 280 g/mol. The number of carbonyl (C=O) groups is 1. The lowest BCUT2D eigenvalue weighted by Gasteiger charge is -2.28. The largest absolute Gasteiger partial charge is 0.378 e. The van der Waals surface area contributed by atoms with E-state index in [1.807, 2.05) is 0 Å². The second-order valence-corrected chi connectivity index (χ2v) is 7.07. The lowest BCUT2D eigenvalue weighted by Crippen LogP contribution is -2.54. The van der Waals surface area contributed by atoms with Gasteiger partial charge in [0.1, 0.15) is 5.54 Å². The SMILES string of the molecule is NC(=O)C1(NC2CC2)CCC(OCC2CCCCC2)C1. The number of hydrogen-bond donors (Lipinski definition) is 2. The van der Waals surface area contributed by atoms with Crippen LogP contribution in [-0.2, 0) is 9.53 Å². The number of amides is 1. The van der Waals surface area contributed by atoms with Gasteiger partial charge in [-0.25, -0.2) is 0 Å². The first-order valence-corrected chi connectivity index (χ1v) is 8.37. The highest BCUT2D eigenvalue weighted by atomic mass is 16.5. The Morgan fingerprint density at radius 3 is 2.55 bits per heavy atom. The minimum Gasteiger partial charge on any atom is -0.378 e. The van der Waals surface area contributed by atoms with Crippen LogP contribution in [0.15, 0.2) is 0 Å². The van der Waals surface area contributed by atoms with Gasteiger partial charge in [0, 0.05) is 19.1 Å². The van der Waals surface area contributed by atoms with E-state index in [1.165, 1.54) is 44.9 Å². The van der Waals surface area contributed by atoms with Crippen LogP contribution in [0, 0.1) is 5.92 Å². The van der Waals surface area contributed by atoms with Gasteiger partial charge < -0.3 is 15.8 Å². The highest BCUT2D eigenvalue weighted by molar-refractivity contribution is 5.85. The van der Waals surface area contributed by atoms with E-state index < -0.39 is 5.54 Å². The van der Waals surface area contributed by atoms with Crippen molar-refractivity contribution in [1.82, 2.24) is 5.32 Å². The van der Waals surface area contributed by atoms with Crippen LogP contribution in [0.2, 0.25) is 0 Å². The molecule has 3 saturated carbocycles. The van der Waals surface area contributed by atoms with Crippen LogP contribution in [0.25, 0.3) is 0 Å². The summed E-state index contributed by atoms with van der Waals surface area (Å²) in [6.45, 7) is 0.878. The molecular formula is C16H28N2O2. The quantitative estimate of drug-likeness (QED) is 0.783. The Bertz CT molecular complexity index is 350. The highest BCUT2D eigenvalue weighted by Gasteiger charge is 2.47. The first-order chi connectivity index (χ1) is 9.68. The zero-order valence-corrected chi connectivity index (χ0v) is 12.4. The van der Waals surface area contributed by atoms with Gasteiger partial charge in [0.15, 0.2) is 0 Å². The third-order valence-corrected chi connectivity index (χ3v) is 5.29. The number of nitrogens with two attached hydrogens (primary N) is 1. The first kappa shape index (κ1) is 14.3. The van der Waals surface area contributed by atoms with Gasteiger partial charge in [-0.1, -0.05) is 19.3 Å². The number of carbonyl (C=O) groups excluding carboxylic acids is 1. The van der Waals surface area contributed by atoms with Crippen molar-refractivity contribution < 1.29 is 9.53 Å². The molecule has 0 aromatic rings. The minimum absolute atomic E-state index is 0.187. The van der Waals surface area contributed by atoms with Gasteiger partial charge in [-0.2, -0.15) is 0 Å². The molecule has 0 aromatic carbocycles. The van der Waals surface area contributed by atoms with E-state index in [0.29, 0.717) is 6.04 Å². The average molecular weight is 280 g/mol. The van der Waals surface area contributed by atoms with Gasteiger partial charge >= 0.3 is 0 Å². The lowest BCUT2D eigenvalue weighted by molar-refractivity contribution is -0.124. The Labute approximate surface area is 121 Å². The van der Waals surface area contributed by atoms with Crippen molar-refractivity contribution in [3.05, 3.63) is 0 Å². The molecule has 0 heterocycles. The highest BCUT2D eigenvalue weighted by Crippen LogP contribution is 2.36. The Balaban J connectivity index is 1.48. The summed E-state index contributed by atoms with van der Waals surface area (Å²) in [4.78, 5) is 11.8. The maximum Gasteiger partial charge on any atom is 0.237 e. The molecule has 114 valence electrons. The van der Waals surface area contributed by atoms with E-state index in [0.717, 1.165) is 31.8 Å². The summed E-state index contributed by atoms with van der Waals surface area (Å²) in [6, 6.07) is 0.514. The summed E-state index contributed by atoms with van der Waals surface area (Å²) in [5.74, 6) is 0.553. The number of ether oxygens (including phenoxy) is 1. The predicted molar refractivity (Wildman–Crippen MR) is 78.2 cm³/mol. The Morgan fingerprint density at radius 2 is 1.90 bits per heavy atom. The number of nitrogens with one attached hydrogen (secondary N) is 1. The van der Waals surface area contributed by atoms with E-state index in [1.54, 1.807) is 0 Å². The van der Waals surface area contributed by atoms with E-state index in [-0.39, 0.29) is 12.0 Å². The summed E-state index contributed by atoms with van der Waals surface area (Å²) in [7, 11) is 0. The fourth-order valence-corrected chi connectivity index (χ4v) is 3.81. The fourth-order valence-electron chi connectivity index (χ4n) is 3.81. The van der Waals surface area contributed by atoms with Crippen molar-refractivity contribution in [2.24, 2.45) is 11.7 Å². The van der Waals surface area contributed by atoms with Crippen LogP contribution in [0.1, 0.15) is 64.2 Å². The summed E-state index contributed by atoms with van der Waals surface area (Å²) < 4.78 is 6.10. The zero-order chi connectivity index (χ0) is 14.0. The molecule has 0 bridgehead atoms. The van der Waals surface area contributed by atoms with Gasteiger partial charge in [0.05, 0.1) is 6.10 Å². The normalized spacial score (nSPS) is 35.3. The van der Waals surface area contributed by atoms with Gasteiger partial charge in [0.2, 0.25) is 5.91 Å². The molecular weight excluding hydrogens is 252 g/mol. The van der Waals surface area contributed by atoms with Crippen LogP contribution in [0.3, 0.4) is 0 Å². The Kier molecular flexibility index (Phi) is 4.32. The van der Waals surface area contributed by atoms with Crippen LogP contribution < -0.4 is 11.1 Å². The molecule has 20 heavy (non-hydrogen) atoms. The molecule has 2 unspecified atom stereocenters. The number of primary amides is 1. The fraction of sp³-hybridized carbons (Fsp3) is 0.938. The summed E-state index contributed by atoms with van der Waals surface area (Å²) in [6.07, 6.45) is 11.9. The zero-order valence-electron chi connectivity index (χ0n) is 12.4. The van der Waals surface area contributed by atoms with Crippen LogP contribution in [-0.4, -0.2) is 30.2 Å². The second-order valence-electron chi connectivity index (χ2n) is 7.07. The molecule has 0 radical (unpaired) electrons. The van der Waals surface area contributed by atoms with Crippen LogP contribution in [0.4, 0.5) is 0 Å². The molecule has 3 fully saturated rings.